The van der Waals surface area contributed by atoms with Gasteiger partial charge in [-0.25, -0.2) is 0 Å². The minimum absolute atomic E-state index is 0.208. The zero-order chi connectivity index (χ0) is 23.1. The molecule has 182 valence electrons. The Labute approximate surface area is 202 Å². The van der Waals surface area contributed by atoms with E-state index in [-0.39, 0.29) is 35.7 Å². The Kier molecular flexibility index (Phi) is 8.87. The first-order valence-corrected chi connectivity index (χ1v) is 15.8. The third-order valence-electron chi connectivity index (χ3n) is 7.68. The summed E-state index contributed by atoms with van der Waals surface area (Å²) < 4.78 is 19.1. The van der Waals surface area contributed by atoms with Crippen LogP contribution in [0, 0.1) is 17.8 Å². The van der Waals surface area contributed by atoms with Gasteiger partial charge in [-0.15, -0.1) is 0 Å². The van der Waals surface area contributed by atoms with E-state index in [9.17, 15) is 14.4 Å². The first kappa shape index (κ1) is 24.7. The van der Waals surface area contributed by atoms with Gasteiger partial charge in [0.25, 0.3) is 0 Å². The molecule has 0 N–H and O–H groups in total. The summed E-state index contributed by atoms with van der Waals surface area (Å²) in [5.74, 6) is -1.68. The molecule has 4 rings (SSSR count). The molecule has 0 bridgehead atoms. The minimum atomic E-state index is -4.74. The number of carbonyl (C=O) groups is 3. The third kappa shape index (κ3) is 6.39. The Balaban J connectivity index is 1.59. The van der Waals surface area contributed by atoms with Gasteiger partial charge in [0.15, 0.2) is 0 Å². The molecule has 0 aromatic carbocycles. The number of hydrogen-bond donors (Lipinski definition) is 0. The van der Waals surface area contributed by atoms with Crippen molar-refractivity contribution in [3.63, 3.8) is 0 Å². The molecular formula is C26H38O6Ti. The molecule has 0 heterocycles. The number of rotatable bonds is 7. The Hall–Kier alpha value is -1.40. The molecule has 0 amide bonds. The van der Waals surface area contributed by atoms with Gasteiger partial charge in [0.2, 0.25) is 0 Å². The van der Waals surface area contributed by atoms with Crippen molar-refractivity contribution >= 4 is 17.9 Å². The van der Waals surface area contributed by atoms with Crippen molar-refractivity contribution in [2.24, 2.45) is 17.8 Å². The van der Waals surface area contributed by atoms with Crippen LogP contribution in [-0.4, -0.2) is 17.9 Å². The maximum atomic E-state index is 13.3. The second-order valence-electron chi connectivity index (χ2n) is 10.1. The molecule has 0 saturated heterocycles. The average Bonchev–Trinajstić information content (AvgIpc) is 3.41. The van der Waals surface area contributed by atoms with Gasteiger partial charge in [-0.1, -0.05) is 0 Å². The fourth-order valence-corrected chi connectivity index (χ4v) is 9.47. The Morgan fingerprint density at radius 1 is 0.606 bits per heavy atom. The van der Waals surface area contributed by atoms with Gasteiger partial charge in [-0.05, 0) is 0 Å². The summed E-state index contributed by atoms with van der Waals surface area (Å²) in [5, 5.41) is 0. The second kappa shape index (κ2) is 11.8. The fraction of sp³-hybridized carbons (Fsp3) is 0.731. The molecule has 4 aliphatic carbocycles. The molecule has 0 aromatic rings. The van der Waals surface area contributed by atoms with Gasteiger partial charge in [0.05, 0.1) is 0 Å². The zero-order valence-corrected chi connectivity index (χ0v) is 21.3. The van der Waals surface area contributed by atoms with E-state index in [0.717, 1.165) is 96.3 Å². The Morgan fingerprint density at radius 2 is 0.970 bits per heavy atom. The van der Waals surface area contributed by atoms with Gasteiger partial charge >= 0.3 is 203 Å². The van der Waals surface area contributed by atoms with Crippen molar-refractivity contribution in [3.8, 4) is 0 Å². The van der Waals surface area contributed by atoms with E-state index >= 15 is 0 Å². The van der Waals surface area contributed by atoms with Gasteiger partial charge < -0.3 is 0 Å². The van der Waals surface area contributed by atoms with Crippen molar-refractivity contribution in [2.75, 3.05) is 0 Å². The molecule has 4 aliphatic rings. The van der Waals surface area contributed by atoms with Crippen LogP contribution in [0.4, 0.5) is 0 Å². The van der Waals surface area contributed by atoms with Crippen LogP contribution in [0.2, 0.25) is 0 Å². The van der Waals surface area contributed by atoms with E-state index < -0.39 is 17.8 Å². The first-order chi connectivity index (χ1) is 16.1. The molecule has 7 heteroatoms. The number of carbonyl (C=O) groups excluding carboxylic acids is 3. The molecule has 0 radical (unpaired) electrons. The monoisotopic (exact) mass is 494 g/mol. The predicted octanol–water partition coefficient (Wildman–Crippen LogP) is 6.10. The fourth-order valence-electron chi connectivity index (χ4n) is 5.60. The quantitative estimate of drug-likeness (QED) is 0.398. The van der Waals surface area contributed by atoms with Crippen LogP contribution < -0.4 is 0 Å². The molecule has 0 unspecified atom stereocenters. The van der Waals surface area contributed by atoms with Crippen LogP contribution >= 0.6 is 0 Å². The van der Waals surface area contributed by atoms with Crippen molar-refractivity contribution in [2.45, 2.75) is 103 Å². The van der Waals surface area contributed by atoms with E-state index in [2.05, 4.69) is 0 Å². The van der Waals surface area contributed by atoms with Gasteiger partial charge in [-0.2, -0.15) is 0 Å². The number of allylic oxidation sites excluding steroid dienone is 4. The summed E-state index contributed by atoms with van der Waals surface area (Å²) in [6.07, 6.45) is 20.1. The van der Waals surface area contributed by atoms with Crippen LogP contribution in [0.1, 0.15) is 103 Å². The topological polar surface area (TPSA) is 78.9 Å². The van der Waals surface area contributed by atoms with Gasteiger partial charge in [-0.3, -0.25) is 0 Å². The summed E-state index contributed by atoms with van der Waals surface area (Å²) in [4.78, 5) is 39.8. The van der Waals surface area contributed by atoms with E-state index in [1.165, 1.54) is 0 Å². The Bertz CT molecular complexity index is 691. The molecule has 3 saturated carbocycles. The SMILES string of the molecule is O=C([O][Ti]([O]C(=O)C1CCCCC1)([O]C(=O)C1CCCCC1)[C]1=CC=CC1)C1CCCCC1. The Morgan fingerprint density at radius 3 is 1.27 bits per heavy atom. The third-order valence-corrected chi connectivity index (χ3v) is 11.7. The normalized spacial score (nSPS) is 23.1. The van der Waals surface area contributed by atoms with Crippen molar-refractivity contribution in [1.29, 1.82) is 0 Å². The van der Waals surface area contributed by atoms with Crippen LogP contribution in [-0.2, 0) is 42.1 Å². The zero-order valence-electron chi connectivity index (χ0n) is 19.7. The van der Waals surface area contributed by atoms with E-state index in [4.69, 9.17) is 9.96 Å². The summed E-state index contributed by atoms with van der Waals surface area (Å²) in [5.41, 5.74) is 0. The summed E-state index contributed by atoms with van der Waals surface area (Å²) in [7, 11) is 0. The number of hydrogen-bond acceptors (Lipinski definition) is 6. The molecule has 0 aliphatic heterocycles. The molecule has 6 nitrogen and oxygen atoms in total. The van der Waals surface area contributed by atoms with Crippen molar-refractivity contribution in [1.82, 2.24) is 0 Å². The standard InChI is InChI=1S/3C7H12O2.C5H5.Ti/c3*8-7(9)6-4-2-1-3-5-6;1-2-4-5-3-1;/h3*6H,1-5H2,(H,8,9);1-3H,4H2;/q;;;;+3/p-3. The predicted molar refractivity (Wildman–Crippen MR) is 120 cm³/mol. The average molecular weight is 494 g/mol. The summed E-state index contributed by atoms with van der Waals surface area (Å²) in [6.45, 7) is 0. The van der Waals surface area contributed by atoms with Crippen molar-refractivity contribution in [3.05, 3.63) is 22.1 Å². The summed E-state index contributed by atoms with van der Waals surface area (Å²) >= 11 is -4.74. The van der Waals surface area contributed by atoms with E-state index in [0.29, 0.717) is 10.3 Å². The van der Waals surface area contributed by atoms with E-state index in [1.54, 1.807) is 0 Å². The molecule has 0 atom stereocenters. The molecular weight excluding hydrogens is 456 g/mol. The van der Waals surface area contributed by atoms with Crippen LogP contribution in [0.5, 0.6) is 0 Å². The molecule has 3 fully saturated rings. The van der Waals surface area contributed by atoms with Gasteiger partial charge in [0.1, 0.15) is 0 Å². The summed E-state index contributed by atoms with van der Waals surface area (Å²) in [6, 6.07) is 0. The molecule has 33 heavy (non-hydrogen) atoms. The van der Waals surface area contributed by atoms with Crippen LogP contribution in [0.3, 0.4) is 0 Å². The van der Waals surface area contributed by atoms with Crippen LogP contribution in [0.25, 0.3) is 0 Å². The first-order valence-electron chi connectivity index (χ1n) is 13.1. The van der Waals surface area contributed by atoms with E-state index in [1.807, 2.05) is 18.2 Å². The molecule has 0 spiro atoms. The molecule has 0 aromatic heterocycles. The second-order valence-corrected chi connectivity index (χ2v) is 13.8. The maximum absolute atomic E-state index is 13.3. The van der Waals surface area contributed by atoms with Gasteiger partial charge in [0, 0.05) is 0 Å². The van der Waals surface area contributed by atoms with Crippen LogP contribution in [0.15, 0.2) is 22.1 Å². The van der Waals surface area contributed by atoms with Crippen molar-refractivity contribution < 1.29 is 42.1 Å².